The first kappa shape index (κ1) is 16.9. The molecule has 2 aromatic rings. The van der Waals surface area contributed by atoms with Crippen molar-refractivity contribution < 1.29 is 17.9 Å². The standard InChI is InChI=1S/C14H19F3N6O/c1-13(2)7-23(5-6-24-13)4-3-18-10-9-11(20-8-19-9)22-12(21-10)14(15,16)17/h8H,3-7H2,1-2H3,(H2,18,19,20,21,22). The summed E-state index contributed by atoms with van der Waals surface area (Å²) in [6, 6.07) is 0. The van der Waals surface area contributed by atoms with Crippen LogP contribution in [0.3, 0.4) is 0 Å². The van der Waals surface area contributed by atoms with Crippen molar-refractivity contribution in [2.45, 2.75) is 25.6 Å². The lowest BCUT2D eigenvalue weighted by atomic mass is 10.1. The van der Waals surface area contributed by atoms with E-state index in [-0.39, 0.29) is 17.1 Å². The minimum atomic E-state index is -4.61. The Bertz CT molecular complexity index is 714. The van der Waals surface area contributed by atoms with E-state index in [1.807, 2.05) is 13.8 Å². The first-order chi connectivity index (χ1) is 11.2. The van der Waals surface area contributed by atoms with Gasteiger partial charge in [-0.3, -0.25) is 4.90 Å². The molecule has 0 amide bonds. The number of nitrogens with one attached hydrogen (secondary N) is 2. The van der Waals surface area contributed by atoms with Gasteiger partial charge < -0.3 is 15.0 Å². The lowest BCUT2D eigenvalue weighted by molar-refractivity contribution is -0.144. The Kier molecular flexibility index (Phi) is 4.35. The number of rotatable bonds is 4. The first-order valence-electron chi connectivity index (χ1n) is 7.63. The Balaban J connectivity index is 1.69. The number of nitrogens with zero attached hydrogens (tertiary/aromatic N) is 4. The van der Waals surface area contributed by atoms with Crippen LogP contribution >= 0.6 is 0 Å². The molecule has 3 rings (SSSR count). The minimum absolute atomic E-state index is 0.00710. The number of imidazole rings is 1. The molecule has 2 N–H and O–H groups in total. The zero-order chi connectivity index (χ0) is 17.4. The predicted octanol–water partition coefficient (Wildman–Crippen LogP) is 1.89. The molecule has 1 aliphatic heterocycles. The summed E-state index contributed by atoms with van der Waals surface area (Å²) in [6.45, 7) is 7.37. The molecule has 1 saturated heterocycles. The van der Waals surface area contributed by atoms with Gasteiger partial charge in [0.1, 0.15) is 5.52 Å². The highest BCUT2D eigenvalue weighted by Gasteiger charge is 2.36. The van der Waals surface area contributed by atoms with E-state index in [4.69, 9.17) is 4.74 Å². The van der Waals surface area contributed by atoms with E-state index in [2.05, 4.69) is 30.2 Å². The number of ether oxygens (including phenoxy) is 1. The van der Waals surface area contributed by atoms with Gasteiger partial charge in [0.05, 0.1) is 18.5 Å². The van der Waals surface area contributed by atoms with Crippen molar-refractivity contribution in [2.75, 3.05) is 38.1 Å². The fourth-order valence-corrected chi connectivity index (χ4v) is 2.73. The van der Waals surface area contributed by atoms with Crippen LogP contribution < -0.4 is 5.32 Å². The summed E-state index contributed by atoms with van der Waals surface area (Å²) >= 11 is 0. The monoisotopic (exact) mass is 344 g/mol. The van der Waals surface area contributed by atoms with Gasteiger partial charge in [0.25, 0.3) is 0 Å². The molecule has 1 fully saturated rings. The van der Waals surface area contributed by atoms with Gasteiger partial charge in [-0.2, -0.15) is 13.2 Å². The van der Waals surface area contributed by atoms with Crippen LogP contribution in [0.5, 0.6) is 0 Å². The molecule has 0 saturated carbocycles. The summed E-state index contributed by atoms with van der Waals surface area (Å²) in [5, 5.41) is 2.96. The normalized spacial score (nSPS) is 18.9. The van der Waals surface area contributed by atoms with Gasteiger partial charge in [0.2, 0.25) is 5.82 Å². The highest BCUT2D eigenvalue weighted by atomic mass is 19.4. The van der Waals surface area contributed by atoms with Gasteiger partial charge in [0, 0.05) is 26.2 Å². The lowest BCUT2D eigenvalue weighted by Crippen LogP contribution is -2.49. The van der Waals surface area contributed by atoms with Crippen molar-refractivity contribution in [1.82, 2.24) is 24.8 Å². The number of H-pyrrole nitrogens is 1. The quantitative estimate of drug-likeness (QED) is 0.882. The largest absolute Gasteiger partial charge is 0.451 e. The fraction of sp³-hybridized carbons (Fsp3) is 0.643. The maximum Gasteiger partial charge on any atom is 0.451 e. The maximum atomic E-state index is 12.9. The summed E-state index contributed by atoms with van der Waals surface area (Å²) in [6.07, 6.45) is -3.31. The number of alkyl halides is 3. The molecule has 0 aliphatic carbocycles. The third-order valence-electron chi connectivity index (χ3n) is 3.76. The van der Waals surface area contributed by atoms with Crippen molar-refractivity contribution in [3.8, 4) is 0 Å². The highest BCUT2D eigenvalue weighted by molar-refractivity contribution is 5.82. The van der Waals surface area contributed by atoms with Crippen LogP contribution in [0.25, 0.3) is 11.2 Å². The van der Waals surface area contributed by atoms with E-state index >= 15 is 0 Å². The minimum Gasteiger partial charge on any atom is -0.373 e. The van der Waals surface area contributed by atoms with Gasteiger partial charge in [-0.05, 0) is 13.8 Å². The molecular formula is C14H19F3N6O. The topological polar surface area (TPSA) is 79.0 Å². The second-order valence-electron chi connectivity index (χ2n) is 6.31. The summed E-state index contributed by atoms with van der Waals surface area (Å²) in [4.78, 5) is 15.8. The van der Waals surface area contributed by atoms with Crippen LogP contribution in [0.2, 0.25) is 0 Å². The zero-order valence-corrected chi connectivity index (χ0v) is 13.4. The zero-order valence-electron chi connectivity index (χ0n) is 13.4. The molecule has 0 aromatic carbocycles. The second kappa shape index (κ2) is 6.17. The number of hydrogen-bond donors (Lipinski definition) is 2. The summed E-state index contributed by atoms with van der Waals surface area (Å²) in [5.74, 6) is -1.09. The molecule has 0 radical (unpaired) electrons. The van der Waals surface area contributed by atoms with E-state index in [9.17, 15) is 13.2 Å². The molecule has 0 spiro atoms. The second-order valence-corrected chi connectivity index (χ2v) is 6.31. The lowest BCUT2D eigenvalue weighted by Gasteiger charge is -2.38. The molecule has 24 heavy (non-hydrogen) atoms. The van der Waals surface area contributed by atoms with Crippen molar-refractivity contribution in [3.05, 3.63) is 12.2 Å². The average Bonchev–Trinajstić information content (AvgIpc) is 2.93. The fourth-order valence-electron chi connectivity index (χ4n) is 2.73. The molecule has 3 heterocycles. The number of anilines is 1. The van der Waals surface area contributed by atoms with Crippen molar-refractivity contribution in [1.29, 1.82) is 0 Å². The number of aromatic amines is 1. The van der Waals surface area contributed by atoms with Crippen LogP contribution in [0, 0.1) is 0 Å². The summed E-state index contributed by atoms with van der Waals surface area (Å²) < 4.78 is 44.3. The summed E-state index contributed by atoms with van der Waals surface area (Å²) in [5.41, 5.74) is 0.144. The van der Waals surface area contributed by atoms with Crippen molar-refractivity contribution >= 4 is 17.0 Å². The third-order valence-corrected chi connectivity index (χ3v) is 3.76. The third kappa shape index (κ3) is 3.75. The SMILES string of the molecule is CC1(C)CN(CCNc2nc(C(F)(F)F)nc3nc[nH]c23)CCO1. The number of morpholine rings is 1. The maximum absolute atomic E-state index is 12.9. The molecule has 10 heteroatoms. The Morgan fingerprint density at radius 2 is 2.17 bits per heavy atom. The Hall–Kier alpha value is -1.94. The molecule has 0 bridgehead atoms. The van der Waals surface area contributed by atoms with E-state index < -0.39 is 12.0 Å². The van der Waals surface area contributed by atoms with Crippen LogP contribution in [0.1, 0.15) is 19.7 Å². The number of fused-ring (bicyclic) bond motifs is 1. The Labute approximate surface area is 136 Å². The summed E-state index contributed by atoms with van der Waals surface area (Å²) in [7, 11) is 0. The van der Waals surface area contributed by atoms with Crippen LogP contribution in [0.15, 0.2) is 6.33 Å². The van der Waals surface area contributed by atoms with Gasteiger partial charge >= 0.3 is 6.18 Å². The van der Waals surface area contributed by atoms with Gasteiger partial charge in [-0.1, -0.05) is 0 Å². The Morgan fingerprint density at radius 1 is 1.38 bits per heavy atom. The van der Waals surface area contributed by atoms with Crippen LogP contribution in [-0.4, -0.2) is 63.2 Å². The van der Waals surface area contributed by atoms with E-state index in [1.165, 1.54) is 6.33 Å². The van der Waals surface area contributed by atoms with Crippen molar-refractivity contribution in [3.63, 3.8) is 0 Å². The van der Waals surface area contributed by atoms with Gasteiger partial charge in [0.15, 0.2) is 11.5 Å². The van der Waals surface area contributed by atoms with Crippen molar-refractivity contribution in [2.24, 2.45) is 0 Å². The van der Waals surface area contributed by atoms with Gasteiger partial charge in [-0.25, -0.2) is 15.0 Å². The van der Waals surface area contributed by atoms with Gasteiger partial charge in [-0.15, -0.1) is 0 Å². The molecule has 132 valence electrons. The molecule has 2 aromatic heterocycles. The van der Waals surface area contributed by atoms with E-state index in [0.29, 0.717) is 25.2 Å². The number of aromatic nitrogens is 4. The molecule has 1 aliphatic rings. The molecule has 0 unspecified atom stereocenters. The van der Waals surface area contributed by atoms with E-state index in [0.717, 1.165) is 13.1 Å². The Morgan fingerprint density at radius 3 is 2.88 bits per heavy atom. The van der Waals surface area contributed by atoms with Crippen LogP contribution in [-0.2, 0) is 10.9 Å². The predicted molar refractivity (Wildman–Crippen MR) is 81.6 cm³/mol. The molecule has 0 atom stereocenters. The highest BCUT2D eigenvalue weighted by Crippen LogP contribution is 2.29. The first-order valence-corrected chi connectivity index (χ1v) is 7.63. The molecular weight excluding hydrogens is 325 g/mol. The average molecular weight is 344 g/mol. The van der Waals surface area contributed by atoms with Crippen LogP contribution in [0.4, 0.5) is 19.0 Å². The molecule has 7 nitrogen and oxygen atoms in total. The smallest absolute Gasteiger partial charge is 0.373 e. The number of hydrogen-bond acceptors (Lipinski definition) is 6. The number of halogens is 3. The van der Waals surface area contributed by atoms with E-state index in [1.54, 1.807) is 0 Å².